The van der Waals surface area contributed by atoms with Gasteiger partial charge in [0, 0.05) is 16.1 Å². The lowest BCUT2D eigenvalue weighted by molar-refractivity contribution is -0.680. The third-order valence-electron chi connectivity index (χ3n) is 1.21. The Balaban J connectivity index is 2.59. The molecule has 10 heavy (non-hydrogen) atoms. The molecule has 0 atom stereocenters. The molecule has 0 radical (unpaired) electrons. The van der Waals surface area contributed by atoms with E-state index in [9.17, 15) is 0 Å². The minimum atomic E-state index is 0.336. The van der Waals surface area contributed by atoms with Crippen LogP contribution in [-0.2, 0) is 6.54 Å². The maximum Gasteiger partial charge on any atom is 0.172 e. The van der Waals surface area contributed by atoms with Gasteiger partial charge in [0.2, 0.25) is 0 Å². The molecule has 0 saturated heterocycles. The first-order chi connectivity index (χ1) is 4.93. The quantitative estimate of drug-likeness (QED) is 0.423. The summed E-state index contributed by atoms with van der Waals surface area (Å²) in [6.45, 7) is 1.07. The van der Waals surface area contributed by atoms with E-state index in [0.29, 0.717) is 20.7 Å². The Morgan fingerprint density at radius 3 is 2.60 bits per heavy atom. The zero-order valence-electron chi connectivity index (χ0n) is 6.00. The molecule has 1 aromatic rings. The summed E-state index contributed by atoms with van der Waals surface area (Å²) >= 11 is 0.336. The molecule has 0 bridgehead atoms. The molecule has 0 spiro atoms. The molecular weight excluding hydrogens is 237 g/mol. The molecule has 0 N–H and O–H groups in total. The molecule has 1 rings (SSSR count). The second-order valence-electron chi connectivity index (χ2n) is 1.94. The van der Waals surface area contributed by atoms with Crippen LogP contribution in [0.2, 0.25) is 0 Å². The monoisotopic (exact) mass is 248 g/mol. The highest BCUT2D eigenvalue weighted by Crippen LogP contribution is 1.81. The minimum absolute atomic E-state index is 0.336. The molecule has 0 aromatic carbocycles. The summed E-state index contributed by atoms with van der Waals surface area (Å²) in [5, 5.41) is 0. The van der Waals surface area contributed by atoms with E-state index >= 15 is 0 Å². The highest BCUT2D eigenvalue weighted by Gasteiger charge is 1.89. The molecule has 1 nitrogen and oxygen atoms in total. The Bertz CT molecular complexity index is 206. The molecule has 1 heterocycles. The fourth-order valence-corrected chi connectivity index (χ4v) is 1.55. The number of aromatic nitrogens is 1. The van der Waals surface area contributed by atoms with Gasteiger partial charge in [-0.15, -0.1) is 20.7 Å². The minimum Gasteiger partial charge on any atom is -0.201 e. The second-order valence-corrected chi connectivity index (χ2v) is 4.07. The van der Waals surface area contributed by atoms with E-state index < -0.39 is 0 Å². The number of rotatable bonds is 2. The van der Waals surface area contributed by atoms with Gasteiger partial charge in [-0.1, -0.05) is 6.07 Å². The van der Waals surface area contributed by atoms with Crippen molar-refractivity contribution in [2.24, 2.45) is 0 Å². The molecule has 0 amide bonds. The van der Waals surface area contributed by atoms with Crippen LogP contribution in [0.5, 0.6) is 0 Å². The van der Waals surface area contributed by atoms with E-state index in [4.69, 9.17) is 0 Å². The van der Waals surface area contributed by atoms with Gasteiger partial charge in [0.15, 0.2) is 18.9 Å². The van der Waals surface area contributed by atoms with E-state index in [-0.39, 0.29) is 0 Å². The van der Waals surface area contributed by atoms with Crippen LogP contribution >= 0.6 is 20.7 Å². The van der Waals surface area contributed by atoms with Gasteiger partial charge in [-0.05, 0) is 4.93 Å². The van der Waals surface area contributed by atoms with Gasteiger partial charge in [0.1, 0.15) is 0 Å². The summed E-state index contributed by atoms with van der Waals surface area (Å²) in [5.74, 6) is 0. The summed E-state index contributed by atoms with van der Waals surface area (Å²) in [6.07, 6.45) is 4.19. The number of nitrogens with zero attached hydrogens (tertiary/aromatic N) is 1. The smallest absolute Gasteiger partial charge is 0.172 e. The molecule has 0 aliphatic rings. The van der Waals surface area contributed by atoms with E-state index in [2.05, 4.69) is 38.0 Å². The maximum atomic E-state index is 2.36. The van der Waals surface area contributed by atoms with Crippen LogP contribution in [0.15, 0.2) is 30.6 Å². The van der Waals surface area contributed by atoms with Crippen LogP contribution < -0.4 is 4.57 Å². The van der Waals surface area contributed by atoms with Crippen molar-refractivity contribution in [2.75, 3.05) is 4.93 Å². The van der Waals surface area contributed by atoms with Crippen LogP contribution in [-0.4, -0.2) is 8.94 Å². The zero-order chi connectivity index (χ0) is 7.23. The first-order valence-corrected chi connectivity index (χ1v) is 6.57. The van der Waals surface area contributed by atoms with E-state index in [1.807, 2.05) is 6.07 Å². The molecule has 2 heteroatoms. The van der Waals surface area contributed by atoms with Gasteiger partial charge in [0.25, 0.3) is 0 Å². The molecule has 0 saturated carbocycles. The predicted octanol–water partition coefficient (Wildman–Crippen LogP) is 1.38. The second kappa shape index (κ2) is 4.55. The van der Waals surface area contributed by atoms with Gasteiger partial charge >= 0.3 is 0 Å². The van der Waals surface area contributed by atoms with E-state index in [0.717, 1.165) is 6.54 Å². The maximum absolute atomic E-state index is 2.36. The van der Waals surface area contributed by atoms with Crippen LogP contribution in [0, 0.1) is 0 Å². The Hall–Kier alpha value is -0.250. The predicted molar refractivity (Wildman–Crippen MR) is 52.6 cm³/mol. The SMILES string of the molecule is CI=CC[n+]1ccccc1. The van der Waals surface area contributed by atoms with E-state index in [1.54, 1.807) is 0 Å². The van der Waals surface area contributed by atoms with Gasteiger partial charge in [-0.2, -0.15) is 0 Å². The fourth-order valence-electron chi connectivity index (χ4n) is 0.705. The standard InChI is InChI=1S/C8H11IN/c1-9-5-8-10-6-3-2-4-7-10/h2-7H,8H2,1H3/q+1. The first-order valence-electron chi connectivity index (χ1n) is 3.17. The summed E-state index contributed by atoms with van der Waals surface area (Å²) in [6, 6.07) is 6.15. The van der Waals surface area contributed by atoms with Crippen molar-refractivity contribution in [1.29, 1.82) is 0 Å². The van der Waals surface area contributed by atoms with Gasteiger partial charge < -0.3 is 0 Å². The Morgan fingerprint density at radius 1 is 1.30 bits per heavy atom. The summed E-state index contributed by atoms with van der Waals surface area (Å²) < 4.78 is 4.54. The van der Waals surface area contributed by atoms with Crippen molar-refractivity contribution in [3.63, 3.8) is 0 Å². The van der Waals surface area contributed by atoms with Crippen LogP contribution in [0.25, 0.3) is 0 Å². The summed E-state index contributed by atoms with van der Waals surface area (Å²) in [5.41, 5.74) is 0. The number of hydrogen-bond acceptors (Lipinski definition) is 0. The number of hydrogen-bond donors (Lipinski definition) is 0. The topological polar surface area (TPSA) is 3.88 Å². The normalized spacial score (nSPS) is 11.3. The van der Waals surface area contributed by atoms with Crippen molar-refractivity contribution in [3.05, 3.63) is 30.6 Å². The third-order valence-corrected chi connectivity index (χ3v) is 2.49. The third kappa shape index (κ3) is 2.56. The largest absolute Gasteiger partial charge is 0.201 e. The fraction of sp³-hybridized carbons (Fsp3) is 0.250. The van der Waals surface area contributed by atoms with Crippen molar-refractivity contribution in [3.8, 4) is 0 Å². The summed E-state index contributed by atoms with van der Waals surface area (Å²) in [7, 11) is 0. The molecule has 0 aliphatic carbocycles. The number of halogens is 1. The van der Waals surface area contributed by atoms with Gasteiger partial charge in [-0.25, -0.2) is 4.57 Å². The number of alkyl halides is 1. The van der Waals surface area contributed by atoms with Gasteiger partial charge in [-0.3, -0.25) is 0 Å². The number of pyridine rings is 1. The summed E-state index contributed by atoms with van der Waals surface area (Å²) in [4.78, 5) is 2.27. The average Bonchev–Trinajstić information content (AvgIpc) is 2.03. The molecule has 54 valence electrons. The average molecular weight is 248 g/mol. The Morgan fingerprint density at radius 2 is 2.00 bits per heavy atom. The van der Waals surface area contributed by atoms with Crippen molar-refractivity contribution >= 4 is 24.7 Å². The first kappa shape index (κ1) is 7.85. The van der Waals surface area contributed by atoms with Gasteiger partial charge in [0.05, 0.1) is 0 Å². The molecule has 0 aliphatic heterocycles. The lowest BCUT2D eigenvalue weighted by atomic mass is 10.5. The lowest BCUT2D eigenvalue weighted by Crippen LogP contribution is -2.32. The van der Waals surface area contributed by atoms with Crippen molar-refractivity contribution in [1.82, 2.24) is 0 Å². The van der Waals surface area contributed by atoms with Crippen molar-refractivity contribution in [2.45, 2.75) is 6.54 Å². The zero-order valence-corrected chi connectivity index (χ0v) is 8.15. The van der Waals surface area contributed by atoms with Crippen molar-refractivity contribution < 1.29 is 4.57 Å². The van der Waals surface area contributed by atoms with Crippen LogP contribution in [0.4, 0.5) is 0 Å². The van der Waals surface area contributed by atoms with Crippen LogP contribution in [0.1, 0.15) is 0 Å². The lowest BCUT2D eigenvalue weighted by Gasteiger charge is -1.86. The van der Waals surface area contributed by atoms with Crippen LogP contribution in [0.3, 0.4) is 0 Å². The Labute approximate surface area is 71.5 Å². The molecule has 1 aromatic heterocycles. The van der Waals surface area contributed by atoms with E-state index in [1.165, 1.54) is 0 Å². The highest BCUT2D eigenvalue weighted by molar-refractivity contribution is 14.2. The molecule has 0 fully saturated rings. The highest BCUT2D eigenvalue weighted by atomic mass is 127. The molecular formula is C8H11IN+. The molecule has 0 unspecified atom stereocenters. The Kier molecular flexibility index (Phi) is 3.57.